The number of nitrogens with zero attached hydrogens (tertiary/aromatic N) is 2. The van der Waals surface area contributed by atoms with E-state index in [1.54, 1.807) is 6.33 Å². The summed E-state index contributed by atoms with van der Waals surface area (Å²) in [6, 6.07) is 0. The molecule has 1 aromatic rings. The highest BCUT2D eigenvalue weighted by molar-refractivity contribution is 5.57. The first-order valence-electron chi connectivity index (χ1n) is 8.66. The van der Waals surface area contributed by atoms with Gasteiger partial charge < -0.3 is 10.6 Å². The summed E-state index contributed by atoms with van der Waals surface area (Å²) >= 11 is 0. The number of hydrogen-bond acceptors (Lipinski definition) is 4. The van der Waals surface area contributed by atoms with E-state index in [-0.39, 0.29) is 0 Å². The summed E-state index contributed by atoms with van der Waals surface area (Å²) in [5.41, 5.74) is 1.21. The predicted octanol–water partition coefficient (Wildman–Crippen LogP) is 4.24. The molecule has 0 amide bonds. The molecule has 2 N–H and O–H groups in total. The molecule has 118 valence electrons. The average Bonchev–Trinajstić information content (AvgIpc) is 3.02. The van der Waals surface area contributed by atoms with Gasteiger partial charge in [-0.15, -0.1) is 0 Å². The monoisotopic (exact) mass is 290 g/mol. The lowest BCUT2D eigenvalue weighted by Gasteiger charge is -2.15. The van der Waals surface area contributed by atoms with Crippen LogP contribution in [-0.2, 0) is 6.42 Å². The third-order valence-corrected chi connectivity index (χ3v) is 4.40. The average molecular weight is 290 g/mol. The van der Waals surface area contributed by atoms with Crippen molar-refractivity contribution in [3.63, 3.8) is 0 Å². The smallest absolute Gasteiger partial charge is 0.134 e. The van der Waals surface area contributed by atoms with Gasteiger partial charge in [-0.1, -0.05) is 39.5 Å². The summed E-state index contributed by atoms with van der Waals surface area (Å²) in [5.74, 6) is 2.98. The van der Waals surface area contributed by atoms with Gasteiger partial charge in [0.05, 0.1) is 0 Å². The second-order valence-corrected chi connectivity index (χ2v) is 6.05. The van der Waals surface area contributed by atoms with Gasteiger partial charge in [0.2, 0.25) is 0 Å². The highest BCUT2D eigenvalue weighted by Gasteiger charge is 2.14. The molecule has 0 aliphatic heterocycles. The Morgan fingerprint density at radius 3 is 2.33 bits per heavy atom. The molecular formula is C17H30N4. The van der Waals surface area contributed by atoms with E-state index in [0.29, 0.717) is 0 Å². The number of aromatic nitrogens is 2. The molecule has 2 rings (SSSR count). The Hall–Kier alpha value is -1.32. The van der Waals surface area contributed by atoms with Gasteiger partial charge in [-0.2, -0.15) is 0 Å². The summed E-state index contributed by atoms with van der Waals surface area (Å²) in [6.45, 7) is 6.32. The third kappa shape index (κ3) is 4.87. The van der Waals surface area contributed by atoms with Gasteiger partial charge in [-0.05, 0) is 31.6 Å². The normalized spacial score (nSPS) is 15.3. The summed E-state index contributed by atoms with van der Waals surface area (Å²) in [6.07, 6.45) is 12.1. The minimum absolute atomic E-state index is 0.956. The van der Waals surface area contributed by atoms with Crippen LogP contribution in [0.25, 0.3) is 0 Å². The third-order valence-electron chi connectivity index (χ3n) is 4.40. The van der Waals surface area contributed by atoms with Crippen LogP contribution in [0.4, 0.5) is 11.6 Å². The number of anilines is 2. The molecule has 1 aliphatic carbocycles. The maximum absolute atomic E-state index is 4.43. The molecule has 21 heavy (non-hydrogen) atoms. The van der Waals surface area contributed by atoms with E-state index < -0.39 is 0 Å². The van der Waals surface area contributed by atoms with Crippen molar-refractivity contribution in [2.75, 3.05) is 23.7 Å². The molecule has 0 radical (unpaired) electrons. The van der Waals surface area contributed by atoms with Gasteiger partial charge in [0.15, 0.2) is 0 Å². The van der Waals surface area contributed by atoms with Gasteiger partial charge in [0, 0.05) is 18.7 Å². The Morgan fingerprint density at radius 2 is 1.71 bits per heavy atom. The van der Waals surface area contributed by atoms with E-state index in [2.05, 4.69) is 34.4 Å². The number of hydrogen-bond donors (Lipinski definition) is 2. The molecular weight excluding hydrogens is 260 g/mol. The molecule has 1 saturated carbocycles. The molecule has 1 aromatic heterocycles. The van der Waals surface area contributed by atoms with Crippen molar-refractivity contribution in [2.24, 2.45) is 5.92 Å². The molecule has 0 spiro atoms. The van der Waals surface area contributed by atoms with E-state index >= 15 is 0 Å². The zero-order chi connectivity index (χ0) is 14.9. The first-order valence-corrected chi connectivity index (χ1v) is 8.66. The summed E-state index contributed by atoms with van der Waals surface area (Å²) in [7, 11) is 0. The zero-order valence-corrected chi connectivity index (χ0v) is 13.6. The summed E-state index contributed by atoms with van der Waals surface area (Å²) in [5, 5.41) is 6.91. The minimum atomic E-state index is 0.956. The van der Waals surface area contributed by atoms with Crippen LogP contribution >= 0.6 is 0 Å². The van der Waals surface area contributed by atoms with Crippen molar-refractivity contribution in [1.29, 1.82) is 0 Å². The molecule has 1 aliphatic rings. The lowest BCUT2D eigenvalue weighted by Crippen LogP contribution is -2.11. The fourth-order valence-electron chi connectivity index (χ4n) is 3.19. The first-order chi connectivity index (χ1) is 10.3. The van der Waals surface area contributed by atoms with E-state index in [1.165, 1.54) is 44.1 Å². The SMILES string of the molecule is CCCNc1ncnc(NCCCC2CCCC2)c1CC. The van der Waals surface area contributed by atoms with Gasteiger partial charge in [0.25, 0.3) is 0 Å². The lowest BCUT2D eigenvalue weighted by molar-refractivity contribution is 0.491. The quantitative estimate of drug-likeness (QED) is 0.668. The van der Waals surface area contributed by atoms with Gasteiger partial charge >= 0.3 is 0 Å². The van der Waals surface area contributed by atoms with Crippen LogP contribution in [0.15, 0.2) is 6.33 Å². The van der Waals surface area contributed by atoms with Gasteiger partial charge in [-0.25, -0.2) is 9.97 Å². The molecule has 1 fully saturated rings. The van der Waals surface area contributed by atoms with Gasteiger partial charge in [0.1, 0.15) is 18.0 Å². The van der Waals surface area contributed by atoms with Crippen LogP contribution in [0.1, 0.15) is 64.4 Å². The van der Waals surface area contributed by atoms with Crippen molar-refractivity contribution in [2.45, 2.75) is 65.2 Å². The van der Waals surface area contributed by atoms with E-state index in [9.17, 15) is 0 Å². The summed E-state index contributed by atoms with van der Waals surface area (Å²) in [4.78, 5) is 8.80. The molecule has 0 bridgehead atoms. The Balaban J connectivity index is 1.83. The Morgan fingerprint density at radius 1 is 1.05 bits per heavy atom. The van der Waals surface area contributed by atoms with Crippen LogP contribution in [0.5, 0.6) is 0 Å². The van der Waals surface area contributed by atoms with Crippen LogP contribution in [0.2, 0.25) is 0 Å². The first kappa shape index (κ1) is 16.1. The van der Waals surface area contributed by atoms with Crippen LogP contribution in [0, 0.1) is 5.92 Å². The second kappa shape index (κ2) is 8.85. The van der Waals surface area contributed by atoms with Crippen molar-refractivity contribution in [3.8, 4) is 0 Å². The molecule has 0 atom stereocenters. The van der Waals surface area contributed by atoms with E-state index in [4.69, 9.17) is 0 Å². The number of nitrogens with one attached hydrogen (secondary N) is 2. The molecule has 0 unspecified atom stereocenters. The topological polar surface area (TPSA) is 49.8 Å². The molecule has 0 aromatic carbocycles. The highest BCUT2D eigenvalue weighted by Crippen LogP contribution is 2.28. The lowest BCUT2D eigenvalue weighted by atomic mass is 10.0. The molecule has 0 saturated heterocycles. The summed E-state index contributed by atoms with van der Waals surface area (Å²) < 4.78 is 0. The Kier molecular flexibility index (Phi) is 6.77. The fraction of sp³-hybridized carbons (Fsp3) is 0.765. The standard InChI is InChI=1S/C17H30N4/c1-3-11-18-16-15(4-2)17(21-13-20-16)19-12-7-10-14-8-5-6-9-14/h13-14H,3-12H2,1-2H3,(H2,18,19,20,21). The van der Waals surface area contributed by atoms with Crippen LogP contribution in [-0.4, -0.2) is 23.1 Å². The molecule has 1 heterocycles. The van der Waals surface area contributed by atoms with E-state index in [0.717, 1.165) is 43.5 Å². The predicted molar refractivity (Wildman–Crippen MR) is 89.9 cm³/mol. The Bertz CT molecular complexity index is 413. The second-order valence-electron chi connectivity index (χ2n) is 6.05. The maximum atomic E-state index is 4.43. The van der Waals surface area contributed by atoms with Crippen molar-refractivity contribution in [1.82, 2.24) is 9.97 Å². The van der Waals surface area contributed by atoms with E-state index in [1.807, 2.05) is 0 Å². The molecule has 4 heteroatoms. The van der Waals surface area contributed by atoms with Gasteiger partial charge in [-0.3, -0.25) is 0 Å². The van der Waals surface area contributed by atoms with Crippen molar-refractivity contribution >= 4 is 11.6 Å². The zero-order valence-electron chi connectivity index (χ0n) is 13.6. The fourth-order valence-corrected chi connectivity index (χ4v) is 3.19. The maximum Gasteiger partial charge on any atom is 0.134 e. The highest BCUT2D eigenvalue weighted by atomic mass is 15.1. The van der Waals surface area contributed by atoms with Crippen LogP contribution < -0.4 is 10.6 Å². The largest absolute Gasteiger partial charge is 0.370 e. The molecule has 4 nitrogen and oxygen atoms in total. The van der Waals surface area contributed by atoms with Crippen molar-refractivity contribution < 1.29 is 0 Å². The van der Waals surface area contributed by atoms with Crippen molar-refractivity contribution in [3.05, 3.63) is 11.9 Å². The minimum Gasteiger partial charge on any atom is -0.370 e. The number of rotatable bonds is 9. The van der Waals surface area contributed by atoms with Crippen LogP contribution in [0.3, 0.4) is 0 Å². The Labute approximate surface area is 129 Å².